The van der Waals surface area contributed by atoms with Gasteiger partial charge in [0.2, 0.25) is 5.91 Å². The van der Waals surface area contributed by atoms with Crippen molar-refractivity contribution in [3.63, 3.8) is 0 Å². The molecule has 0 saturated carbocycles. The molecule has 1 aromatic heterocycles. The highest BCUT2D eigenvalue weighted by atomic mass is 16.5. The maximum absolute atomic E-state index is 12.8. The lowest BCUT2D eigenvalue weighted by Crippen LogP contribution is -2.39. The first-order valence-electron chi connectivity index (χ1n) is 9.04. The van der Waals surface area contributed by atoms with Gasteiger partial charge in [0.05, 0.1) is 18.7 Å². The Bertz CT molecular complexity index is 785. The van der Waals surface area contributed by atoms with Gasteiger partial charge in [-0.1, -0.05) is 12.1 Å². The molecule has 26 heavy (non-hydrogen) atoms. The first-order valence-corrected chi connectivity index (χ1v) is 9.04. The van der Waals surface area contributed by atoms with Crippen LogP contribution >= 0.6 is 0 Å². The average Bonchev–Trinajstić information content (AvgIpc) is 2.97. The molecule has 6 nitrogen and oxygen atoms in total. The number of benzene rings is 1. The SMILES string of the molecule is COc1cccc2c1OCC(C(=O)N(C)CCCn1nc(C)cc1C)C2. The maximum Gasteiger partial charge on any atom is 0.229 e. The van der Waals surface area contributed by atoms with Crippen molar-refractivity contribution in [1.29, 1.82) is 0 Å². The van der Waals surface area contributed by atoms with Crippen molar-refractivity contribution in [2.75, 3.05) is 27.3 Å². The molecule has 2 aromatic rings. The molecule has 1 unspecified atom stereocenters. The number of nitrogens with zero attached hydrogens (tertiary/aromatic N) is 3. The Kier molecular flexibility index (Phi) is 5.49. The number of hydrogen-bond acceptors (Lipinski definition) is 4. The van der Waals surface area contributed by atoms with E-state index in [0.29, 0.717) is 19.6 Å². The number of hydrogen-bond donors (Lipinski definition) is 0. The lowest BCUT2D eigenvalue weighted by molar-refractivity contribution is -0.135. The molecule has 0 radical (unpaired) electrons. The molecule has 1 atom stereocenters. The third-order valence-corrected chi connectivity index (χ3v) is 4.87. The van der Waals surface area contributed by atoms with Crippen molar-refractivity contribution >= 4 is 5.91 Å². The van der Waals surface area contributed by atoms with Crippen molar-refractivity contribution in [1.82, 2.24) is 14.7 Å². The van der Waals surface area contributed by atoms with Gasteiger partial charge in [-0.25, -0.2) is 0 Å². The topological polar surface area (TPSA) is 56.6 Å². The highest BCUT2D eigenvalue weighted by Crippen LogP contribution is 2.36. The average molecular weight is 357 g/mol. The van der Waals surface area contributed by atoms with E-state index in [1.165, 1.54) is 0 Å². The fourth-order valence-electron chi connectivity index (χ4n) is 3.49. The molecule has 0 bridgehead atoms. The number of amides is 1. The molecule has 1 amide bonds. The number of methoxy groups -OCH3 is 1. The molecule has 0 aliphatic carbocycles. The number of carbonyl (C=O) groups excluding carboxylic acids is 1. The highest BCUT2D eigenvalue weighted by molar-refractivity contribution is 5.79. The van der Waals surface area contributed by atoms with Gasteiger partial charge in [0.1, 0.15) is 6.61 Å². The van der Waals surface area contributed by atoms with E-state index in [9.17, 15) is 4.79 Å². The number of fused-ring (bicyclic) bond motifs is 1. The predicted octanol–water partition coefficient (Wildman–Crippen LogP) is 2.61. The van der Waals surface area contributed by atoms with Crippen LogP contribution in [0.5, 0.6) is 11.5 Å². The van der Waals surface area contributed by atoms with Crippen LogP contribution in [0.15, 0.2) is 24.3 Å². The normalized spacial score (nSPS) is 15.9. The van der Waals surface area contributed by atoms with Crippen LogP contribution in [-0.4, -0.2) is 47.9 Å². The maximum atomic E-state index is 12.8. The molecule has 0 spiro atoms. The van der Waals surface area contributed by atoms with Crippen LogP contribution in [-0.2, 0) is 17.8 Å². The van der Waals surface area contributed by atoms with E-state index in [0.717, 1.165) is 41.4 Å². The fraction of sp³-hybridized carbons (Fsp3) is 0.500. The summed E-state index contributed by atoms with van der Waals surface area (Å²) in [6, 6.07) is 7.89. The summed E-state index contributed by atoms with van der Waals surface area (Å²) in [5, 5.41) is 4.46. The van der Waals surface area contributed by atoms with E-state index in [4.69, 9.17) is 9.47 Å². The lowest BCUT2D eigenvalue weighted by atomic mass is 9.95. The van der Waals surface area contributed by atoms with Crippen LogP contribution < -0.4 is 9.47 Å². The molecule has 1 aliphatic rings. The first kappa shape index (κ1) is 18.3. The Morgan fingerprint density at radius 3 is 2.92 bits per heavy atom. The largest absolute Gasteiger partial charge is 0.493 e. The Morgan fingerprint density at radius 1 is 1.42 bits per heavy atom. The summed E-state index contributed by atoms with van der Waals surface area (Å²) in [7, 11) is 3.50. The Hall–Kier alpha value is -2.50. The third kappa shape index (κ3) is 3.84. The zero-order chi connectivity index (χ0) is 18.7. The molecule has 6 heteroatoms. The zero-order valence-electron chi connectivity index (χ0n) is 16.0. The quantitative estimate of drug-likeness (QED) is 0.797. The standard InChI is InChI=1S/C20H27N3O3/c1-14-11-15(2)23(21-14)10-6-9-22(3)20(24)17-12-16-7-5-8-18(25-4)19(16)26-13-17/h5,7-8,11,17H,6,9-10,12-13H2,1-4H3. The minimum Gasteiger partial charge on any atom is -0.493 e. The van der Waals surface area contributed by atoms with Crippen LogP contribution in [0.25, 0.3) is 0 Å². The second kappa shape index (κ2) is 7.81. The molecule has 1 aromatic carbocycles. The Balaban J connectivity index is 1.54. The van der Waals surface area contributed by atoms with Gasteiger partial charge in [0.25, 0.3) is 0 Å². The lowest BCUT2D eigenvalue weighted by Gasteiger charge is -2.29. The second-order valence-corrected chi connectivity index (χ2v) is 6.92. The molecular weight excluding hydrogens is 330 g/mol. The van der Waals surface area contributed by atoms with E-state index in [-0.39, 0.29) is 11.8 Å². The van der Waals surface area contributed by atoms with Gasteiger partial charge in [0.15, 0.2) is 11.5 Å². The number of ether oxygens (including phenoxy) is 2. The first-order chi connectivity index (χ1) is 12.5. The van der Waals surface area contributed by atoms with E-state index >= 15 is 0 Å². The summed E-state index contributed by atoms with van der Waals surface area (Å²) in [6.07, 6.45) is 1.56. The molecule has 140 valence electrons. The van der Waals surface area contributed by atoms with Gasteiger partial charge >= 0.3 is 0 Å². The predicted molar refractivity (Wildman–Crippen MR) is 99.6 cm³/mol. The third-order valence-electron chi connectivity index (χ3n) is 4.87. The molecule has 0 fully saturated rings. The molecular formula is C20H27N3O3. The number of para-hydroxylation sites is 1. The Labute approximate surface area is 154 Å². The summed E-state index contributed by atoms with van der Waals surface area (Å²) in [4.78, 5) is 14.6. The van der Waals surface area contributed by atoms with Gasteiger partial charge < -0.3 is 14.4 Å². The number of aryl methyl sites for hydroxylation is 3. The van der Waals surface area contributed by atoms with Crippen LogP contribution in [0, 0.1) is 19.8 Å². The van der Waals surface area contributed by atoms with Crippen LogP contribution in [0.2, 0.25) is 0 Å². The van der Waals surface area contributed by atoms with Crippen LogP contribution in [0.3, 0.4) is 0 Å². The van der Waals surface area contributed by atoms with Crippen LogP contribution in [0.1, 0.15) is 23.4 Å². The monoisotopic (exact) mass is 357 g/mol. The molecule has 0 N–H and O–H groups in total. The van der Waals surface area contributed by atoms with Crippen molar-refractivity contribution in [2.24, 2.45) is 5.92 Å². The minimum absolute atomic E-state index is 0.131. The molecule has 2 heterocycles. The second-order valence-electron chi connectivity index (χ2n) is 6.92. The number of carbonyl (C=O) groups is 1. The van der Waals surface area contributed by atoms with Crippen molar-refractivity contribution in [2.45, 2.75) is 33.2 Å². The van der Waals surface area contributed by atoms with Gasteiger partial charge in [-0.05, 0) is 44.4 Å². The van der Waals surface area contributed by atoms with E-state index in [1.807, 2.05) is 41.8 Å². The van der Waals surface area contributed by atoms with E-state index < -0.39 is 0 Å². The number of rotatable bonds is 6. The summed E-state index contributed by atoms with van der Waals surface area (Å²) in [6.45, 7) is 5.97. The fourth-order valence-corrected chi connectivity index (χ4v) is 3.49. The summed E-state index contributed by atoms with van der Waals surface area (Å²) in [5.74, 6) is 1.48. The van der Waals surface area contributed by atoms with Crippen LogP contribution in [0.4, 0.5) is 0 Å². The number of aromatic nitrogens is 2. The summed E-state index contributed by atoms with van der Waals surface area (Å²) in [5.41, 5.74) is 3.22. The molecule has 3 rings (SSSR count). The van der Waals surface area contributed by atoms with Gasteiger partial charge in [-0.2, -0.15) is 5.10 Å². The zero-order valence-corrected chi connectivity index (χ0v) is 16.0. The molecule has 0 saturated heterocycles. The Morgan fingerprint density at radius 2 is 2.23 bits per heavy atom. The van der Waals surface area contributed by atoms with Gasteiger partial charge in [-0.15, -0.1) is 0 Å². The van der Waals surface area contributed by atoms with Gasteiger partial charge in [-0.3, -0.25) is 9.48 Å². The minimum atomic E-state index is -0.145. The molecule has 1 aliphatic heterocycles. The van der Waals surface area contributed by atoms with Crippen molar-refractivity contribution in [3.05, 3.63) is 41.2 Å². The summed E-state index contributed by atoms with van der Waals surface area (Å²) >= 11 is 0. The summed E-state index contributed by atoms with van der Waals surface area (Å²) < 4.78 is 13.2. The van der Waals surface area contributed by atoms with E-state index in [2.05, 4.69) is 18.1 Å². The van der Waals surface area contributed by atoms with Crippen molar-refractivity contribution in [3.8, 4) is 11.5 Å². The van der Waals surface area contributed by atoms with E-state index in [1.54, 1.807) is 7.11 Å². The van der Waals surface area contributed by atoms with Crippen molar-refractivity contribution < 1.29 is 14.3 Å². The van der Waals surface area contributed by atoms with Gasteiger partial charge in [0, 0.05) is 25.8 Å². The smallest absolute Gasteiger partial charge is 0.229 e. The highest BCUT2D eigenvalue weighted by Gasteiger charge is 2.29.